The van der Waals surface area contributed by atoms with Crippen molar-refractivity contribution >= 4 is 51.7 Å². The number of hydrogen-bond donors (Lipinski definition) is 0. The zero-order valence-electron chi connectivity index (χ0n) is 8.56. The fraction of sp³-hybridized carbons (Fsp3) is 0.778. The predicted octanol–water partition coefficient (Wildman–Crippen LogP) is 3.30. The van der Waals surface area contributed by atoms with Gasteiger partial charge in [0.2, 0.25) is 0 Å². The van der Waals surface area contributed by atoms with Gasteiger partial charge in [0, 0.05) is 31.1 Å². The van der Waals surface area contributed by atoms with Crippen LogP contribution in [0.2, 0.25) is 0 Å². The summed E-state index contributed by atoms with van der Waals surface area (Å²) >= 11 is 2.32. The Morgan fingerprint density at radius 2 is 2.13 bits per heavy atom. The van der Waals surface area contributed by atoms with E-state index in [4.69, 9.17) is 4.74 Å². The van der Waals surface area contributed by atoms with Crippen LogP contribution in [0.5, 0.6) is 0 Å². The van der Waals surface area contributed by atoms with Crippen LogP contribution in [0.15, 0.2) is 11.5 Å². The topological polar surface area (TPSA) is 12.5 Å². The quantitative estimate of drug-likeness (QED) is 0.382. The minimum absolute atomic E-state index is 0.907. The normalized spacial score (nSPS) is 18.7. The second-order valence-electron chi connectivity index (χ2n) is 3.02. The summed E-state index contributed by atoms with van der Waals surface area (Å²) in [5.41, 5.74) is 0. The minimum Gasteiger partial charge on any atom is -0.379 e. The minimum atomic E-state index is 0.907. The first-order chi connectivity index (χ1) is 7.43. The Balaban J connectivity index is 1.87. The Labute approximate surface area is 116 Å². The van der Waals surface area contributed by atoms with Gasteiger partial charge in [-0.05, 0) is 26.6 Å². The molecule has 1 aliphatic heterocycles. The number of rotatable bonds is 7. The number of nitrogens with zero attached hydrogens (tertiary/aromatic N) is 1. The average molecular weight is 377 g/mol. The standard InChI is InChI=1S/C9H16INOS3/c10-13-7-1-8-14-15-9-4-11-2-5-12-6-3-11/h1,8H,2-7,9H2/b8-1-. The molecule has 0 saturated carbocycles. The van der Waals surface area contributed by atoms with Crippen LogP contribution < -0.4 is 0 Å². The van der Waals surface area contributed by atoms with Gasteiger partial charge in [0.15, 0.2) is 0 Å². The molecule has 1 rings (SSSR count). The summed E-state index contributed by atoms with van der Waals surface area (Å²) in [4.78, 5) is 2.47. The monoisotopic (exact) mass is 377 g/mol. The third kappa shape index (κ3) is 8.20. The van der Waals surface area contributed by atoms with Crippen molar-refractivity contribution in [2.75, 3.05) is 44.4 Å². The number of halogens is 1. The fourth-order valence-electron chi connectivity index (χ4n) is 1.19. The molecule has 0 aromatic rings. The second kappa shape index (κ2) is 10.6. The van der Waals surface area contributed by atoms with Gasteiger partial charge >= 0.3 is 0 Å². The fourth-order valence-corrected chi connectivity index (χ4v) is 3.77. The molecule has 15 heavy (non-hydrogen) atoms. The molecule has 6 heteroatoms. The first-order valence-electron chi connectivity index (χ1n) is 4.90. The van der Waals surface area contributed by atoms with E-state index in [1.807, 2.05) is 30.5 Å². The highest BCUT2D eigenvalue weighted by atomic mass is 127. The maximum absolute atomic E-state index is 5.30. The molecule has 0 aromatic carbocycles. The average Bonchev–Trinajstić information content (AvgIpc) is 2.29. The largest absolute Gasteiger partial charge is 0.379 e. The van der Waals surface area contributed by atoms with Gasteiger partial charge in [0.05, 0.1) is 13.2 Å². The molecule has 88 valence electrons. The SMILES string of the molecule is ISC/C=C\SSCCN1CCOCC1. The molecule has 0 atom stereocenters. The van der Waals surface area contributed by atoms with E-state index in [0.29, 0.717) is 0 Å². The van der Waals surface area contributed by atoms with E-state index in [1.54, 1.807) is 0 Å². The van der Waals surface area contributed by atoms with Crippen LogP contribution in [0.1, 0.15) is 0 Å². The summed E-state index contributed by atoms with van der Waals surface area (Å²) in [5, 5.41) is 2.19. The summed E-state index contributed by atoms with van der Waals surface area (Å²) < 4.78 is 5.30. The van der Waals surface area contributed by atoms with Gasteiger partial charge in [-0.25, -0.2) is 0 Å². The van der Waals surface area contributed by atoms with Gasteiger partial charge in [0.1, 0.15) is 0 Å². The van der Waals surface area contributed by atoms with Crippen molar-refractivity contribution < 1.29 is 4.74 Å². The molecular formula is C9H16INOS3. The molecular weight excluding hydrogens is 361 g/mol. The van der Waals surface area contributed by atoms with Crippen molar-refractivity contribution in [3.63, 3.8) is 0 Å². The molecule has 1 heterocycles. The molecule has 0 amide bonds. The van der Waals surface area contributed by atoms with Gasteiger partial charge in [-0.15, -0.1) is 0 Å². The molecule has 0 aliphatic carbocycles. The van der Waals surface area contributed by atoms with E-state index in [-0.39, 0.29) is 0 Å². The van der Waals surface area contributed by atoms with E-state index in [2.05, 4.69) is 37.6 Å². The molecule has 0 N–H and O–H groups in total. The summed E-state index contributed by atoms with van der Waals surface area (Å²) in [7, 11) is 5.60. The zero-order chi connectivity index (χ0) is 10.8. The first-order valence-corrected chi connectivity index (χ1v) is 10.8. The molecule has 0 bridgehead atoms. The lowest BCUT2D eigenvalue weighted by molar-refractivity contribution is 0.0410. The van der Waals surface area contributed by atoms with Gasteiger partial charge in [-0.1, -0.05) is 36.6 Å². The van der Waals surface area contributed by atoms with Crippen molar-refractivity contribution in [1.29, 1.82) is 0 Å². The summed E-state index contributed by atoms with van der Waals surface area (Å²) in [6, 6.07) is 0. The summed E-state index contributed by atoms with van der Waals surface area (Å²) in [6.45, 7) is 5.21. The lowest BCUT2D eigenvalue weighted by atomic mass is 10.4. The summed E-state index contributed by atoms with van der Waals surface area (Å²) in [6.07, 6.45) is 2.21. The van der Waals surface area contributed by atoms with Crippen LogP contribution in [0.3, 0.4) is 0 Å². The Bertz CT molecular complexity index is 177. The maximum atomic E-state index is 5.30. The number of ether oxygens (including phenoxy) is 1. The second-order valence-corrected chi connectivity index (χ2v) is 7.83. The number of hydrogen-bond acceptors (Lipinski definition) is 5. The van der Waals surface area contributed by atoms with Crippen molar-refractivity contribution in [2.45, 2.75) is 0 Å². The third-order valence-electron chi connectivity index (χ3n) is 1.97. The molecule has 1 saturated heterocycles. The van der Waals surface area contributed by atoms with Crippen LogP contribution >= 0.6 is 51.7 Å². The molecule has 0 radical (unpaired) electrons. The Hall–Kier alpha value is 1.44. The molecule has 1 aliphatic rings. The molecule has 0 unspecified atom stereocenters. The van der Waals surface area contributed by atoms with Crippen LogP contribution in [0.4, 0.5) is 0 Å². The first kappa shape index (κ1) is 14.5. The Kier molecular flexibility index (Phi) is 10.2. The van der Waals surface area contributed by atoms with E-state index in [9.17, 15) is 0 Å². The third-order valence-corrected chi connectivity index (χ3v) is 5.40. The highest BCUT2D eigenvalue weighted by Crippen LogP contribution is 2.23. The van der Waals surface area contributed by atoms with Gasteiger partial charge in [-0.3, -0.25) is 4.90 Å². The van der Waals surface area contributed by atoms with Crippen LogP contribution in [-0.2, 0) is 4.74 Å². The zero-order valence-corrected chi connectivity index (χ0v) is 13.2. The van der Waals surface area contributed by atoms with E-state index >= 15 is 0 Å². The predicted molar refractivity (Wildman–Crippen MR) is 82.9 cm³/mol. The van der Waals surface area contributed by atoms with Gasteiger partial charge < -0.3 is 4.74 Å². The molecule has 2 nitrogen and oxygen atoms in total. The molecule has 0 spiro atoms. The lowest BCUT2D eigenvalue weighted by Gasteiger charge is -2.25. The van der Waals surface area contributed by atoms with E-state index in [1.165, 1.54) is 12.3 Å². The van der Waals surface area contributed by atoms with Crippen LogP contribution in [0, 0.1) is 0 Å². The highest BCUT2D eigenvalue weighted by Gasteiger charge is 2.08. The number of morpholine rings is 1. The Morgan fingerprint density at radius 1 is 1.33 bits per heavy atom. The Morgan fingerprint density at radius 3 is 2.87 bits per heavy atom. The molecule has 1 fully saturated rings. The molecule has 0 aromatic heterocycles. The van der Waals surface area contributed by atoms with Crippen LogP contribution in [0.25, 0.3) is 0 Å². The summed E-state index contributed by atoms with van der Waals surface area (Å²) in [5.74, 6) is 2.31. The van der Waals surface area contributed by atoms with Crippen molar-refractivity contribution in [3.05, 3.63) is 11.5 Å². The van der Waals surface area contributed by atoms with E-state index < -0.39 is 0 Å². The van der Waals surface area contributed by atoms with Gasteiger partial charge in [-0.2, -0.15) is 0 Å². The van der Waals surface area contributed by atoms with Gasteiger partial charge in [0.25, 0.3) is 0 Å². The van der Waals surface area contributed by atoms with Crippen molar-refractivity contribution in [2.24, 2.45) is 0 Å². The van der Waals surface area contributed by atoms with Crippen LogP contribution in [-0.4, -0.2) is 49.3 Å². The van der Waals surface area contributed by atoms with E-state index in [0.717, 1.165) is 32.1 Å². The van der Waals surface area contributed by atoms with Crippen molar-refractivity contribution in [1.82, 2.24) is 4.90 Å². The smallest absolute Gasteiger partial charge is 0.0594 e. The maximum Gasteiger partial charge on any atom is 0.0594 e. The highest BCUT2D eigenvalue weighted by molar-refractivity contribution is 14.2. The van der Waals surface area contributed by atoms with Crippen molar-refractivity contribution in [3.8, 4) is 0 Å². The lowest BCUT2D eigenvalue weighted by Crippen LogP contribution is -2.37.